The predicted octanol–water partition coefficient (Wildman–Crippen LogP) is 31.6. The number of unbranched alkanes of at least 4 members (excludes halogenated alkanes) is 2. The topological polar surface area (TPSA) is 44.7 Å². The zero-order chi connectivity index (χ0) is 83.7. The Kier molecular flexibility index (Phi) is 21.1. The van der Waals surface area contributed by atoms with E-state index in [1.807, 2.05) is 0 Å². The number of rotatable bonds is 19. The highest BCUT2D eigenvalue weighted by Gasteiger charge is 2.24. The second-order valence-electron chi connectivity index (χ2n) is 32.6. The van der Waals surface area contributed by atoms with Crippen molar-refractivity contribution in [3.05, 3.63) is 417 Å². The van der Waals surface area contributed by atoms with Crippen molar-refractivity contribution in [2.45, 2.75) is 60.3 Å². The molecule has 0 saturated carbocycles. The Hall–Kier alpha value is -15.1. The normalized spacial score (nSPS) is 11.5. The maximum atomic E-state index is 6.47. The molecular formula is C116H96N6O2. The van der Waals surface area contributed by atoms with Gasteiger partial charge in [0.1, 0.15) is 11.5 Å². The fourth-order valence-corrected chi connectivity index (χ4v) is 18.5. The summed E-state index contributed by atoms with van der Waals surface area (Å²) in [6, 6.07) is 144. The standard InChI is InChI=1S/C43H31N3.C37H27N3.C36H38O2/c1-30-12-10-13-33(28-30)44(31-24-26-32(27-25-31)45-40-20-6-2-16-36(40)37-17-3-7-21-41(37)45)34-14-11-15-35(29-34)46-42-22-8-4-18-38(42)39-19-5-9-23-43(39)46;1-38(26-21-23-27(24-22-26)39-34-17-6-2-13-30(34)31-14-3-7-18-35(31)39)28-11-10-12-29(25-28)40-36-19-8-4-15-32(36)33-16-5-9-20-37(33)40;1-5-7-20-37-33-18-14-29-23-26(4)12-16-31(29)35(33)36-32-17-13-28(27-11-9-10-25(3)22-27)24-30(32)15-19-34(36)38-21-8-6-2/h2-29H,1H3;2-25H,1H3;9-19,22-24H,5-8,20-21H2,1-4H3. The van der Waals surface area contributed by atoms with Gasteiger partial charge in [-0.15, -0.1) is 0 Å². The minimum atomic E-state index is 0.701. The van der Waals surface area contributed by atoms with Gasteiger partial charge in [-0.1, -0.05) is 274 Å². The molecule has 0 unspecified atom stereocenters. The molecule has 602 valence electrons. The molecule has 0 radical (unpaired) electrons. The van der Waals surface area contributed by atoms with Crippen LogP contribution in [0.1, 0.15) is 56.2 Å². The Balaban J connectivity index is 0.000000118. The van der Waals surface area contributed by atoms with E-state index < -0.39 is 0 Å². The van der Waals surface area contributed by atoms with Gasteiger partial charge in [0.05, 0.1) is 57.3 Å². The van der Waals surface area contributed by atoms with Crippen molar-refractivity contribution >= 4 is 137 Å². The molecule has 18 aromatic carbocycles. The van der Waals surface area contributed by atoms with Gasteiger partial charge in [0.25, 0.3) is 0 Å². The molecule has 8 heteroatoms. The van der Waals surface area contributed by atoms with Crippen molar-refractivity contribution in [3.63, 3.8) is 0 Å². The number of anilines is 5. The lowest BCUT2D eigenvalue weighted by atomic mass is 9.90. The average Bonchev–Trinajstić information content (AvgIpc) is 1.14. The molecule has 0 aliphatic carbocycles. The van der Waals surface area contributed by atoms with E-state index >= 15 is 0 Å². The molecule has 0 aliphatic heterocycles. The molecule has 0 aliphatic rings. The van der Waals surface area contributed by atoms with Crippen LogP contribution in [-0.2, 0) is 0 Å². The highest BCUT2D eigenvalue weighted by atomic mass is 16.5. The lowest BCUT2D eigenvalue weighted by Crippen LogP contribution is -2.11. The number of nitrogens with zero attached hydrogens (tertiary/aromatic N) is 6. The van der Waals surface area contributed by atoms with Crippen LogP contribution in [-0.4, -0.2) is 38.5 Å². The first kappa shape index (κ1) is 77.5. The summed E-state index contributed by atoms with van der Waals surface area (Å²) in [5.41, 5.74) is 28.4. The van der Waals surface area contributed by atoms with Crippen LogP contribution in [0, 0.1) is 20.8 Å². The van der Waals surface area contributed by atoms with Crippen LogP contribution in [0.5, 0.6) is 11.5 Å². The number of ether oxygens (including phenoxy) is 2. The third kappa shape index (κ3) is 14.6. The van der Waals surface area contributed by atoms with E-state index in [0.717, 1.165) is 99.5 Å². The number of hydrogen-bond donors (Lipinski definition) is 0. The van der Waals surface area contributed by atoms with Gasteiger partial charge in [-0.05, 0) is 236 Å². The summed E-state index contributed by atoms with van der Waals surface area (Å²) in [5, 5.41) is 15.0. The molecule has 22 rings (SSSR count). The summed E-state index contributed by atoms with van der Waals surface area (Å²) in [4.78, 5) is 4.62. The zero-order valence-electron chi connectivity index (χ0n) is 70.8. The van der Waals surface area contributed by atoms with Crippen molar-refractivity contribution < 1.29 is 9.47 Å². The van der Waals surface area contributed by atoms with Gasteiger partial charge in [-0.3, -0.25) is 0 Å². The highest BCUT2D eigenvalue weighted by Crippen LogP contribution is 2.48. The fraction of sp³-hybridized carbons (Fsp3) is 0.103. The monoisotopic (exact) mass is 1600 g/mol. The molecule has 4 heterocycles. The molecule has 0 saturated heterocycles. The number of hydrogen-bond acceptors (Lipinski definition) is 4. The van der Waals surface area contributed by atoms with Gasteiger partial charge < -0.3 is 37.5 Å². The van der Waals surface area contributed by atoms with Gasteiger partial charge >= 0.3 is 0 Å². The van der Waals surface area contributed by atoms with Gasteiger partial charge in [-0.2, -0.15) is 0 Å². The molecule has 0 N–H and O–H groups in total. The smallest absolute Gasteiger partial charge is 0.127 e. The van der Waals surface area contributed by atoms with Gasteiger partial charge in [0, 0.05) is 112 Å². The second kappa shape index (κ2) is 33.8. The van der Waals surface area contributed by atoms with E-state index in [2.05, 4.69) is 470 Å². The summed E-state index contributed by atoms with van der Waals surface area (Å²) in [7, 11) is 2.14. The number of para-hydroxylation sites is 8. The quantitative estimate of drug-likeness (QED) is 0.0757. The molecule has 4 aromatic heterocycles. The van der Waals surface area contributed by atoms with Crippen molar-refractivity contribution in [1.82, 2.24) is 18.3 Å². The Labute approximate surface area is 724 Å². The first-order valence-electron chi connectivity index (χ1n) is 43.5. The van der Waals surface area contributed by atoms with Crippen LogP contribution in [0.4, 0.5) is 28.4 Å². The first-order chi connectivity index (χ1) is 61.1. The van der Waals surface area contributed by atoms with Crippen molar-refractivity contribution in [3.8, 4) is 56.5 Å². The Bertz CT molecular complexity index is 7520. The molecule has 8 nitrogen and oxygen atoms in total. The van der Waals surface area contributed by atoms with Gasteiger partial charge in [0.2, 0.25) is 0 Å². The minimum Gasteiger partial charge on any atom is -0.493 e. The third-order valence-corrected chi connectivity index (χ3v) is 24.5. The fourth-order valence-electron chi connectivity index (χ4n) is 18.5. The first-order valence-corrected chi connectivity index (χ1v) is 43.5. The van der Waals surface area contributed by atoms with Crippen LogP contribution in [0.3, 0.4) is 0 Å². The Morgan fingerprint density at radius 2 is 0.565 bits per heavy atom. The SMILES string of the molecule is CCCCOc1ccc2cc(C)ccc2c1-c1c(OCCCC)ccc2cc(-c3cccc(C)c3)ccc12.CN(c1ccc(-n2c3ccccc3c3ccccc32)cc1)c1cccc(-n2c3ccccc3c3ccccc32)c1.Cc1cccc(N(c2ccc(-n3c4ccccc4c4ccccc43)cc2)c2cccc(-n3c4ccccc4c4ccccc43)c2)c1. The largest absolute Gasteiger partial charge is 0.493 e. The maximum absolute atomic E-state index is 6.47. The number of fused-ring (bicyclic) bond motifs is 14. The van der Waals surface area contributed by atoms with E-state index in [1.54, 1.807) is 0 Å². The summed E-state index contributed by atoms with van der Waals surface area (Å²) >= 11 is 0. The van der Waals surface area contributed by atoms with E-state index in [9.17, 15) is 0 Å². The molecule has 0 fully saturated rings. The van der Waals surface area contributed by atoms with E-state index in [1.165, 1.54) is 137 Å². The molecule has 0 amide bonds. The van der Waals surface area contributed by atoms with E-state index in [0.29, 0.717) is 13.2 Å². The minimum absolute atomic E-state index is 0.701. The van der Waals surface area contributed by atoms with Crippen LogP contribution in [0.2, 0.25) is 0 Å². The molecule has 0 spiro atoms. The van der Waals surface area contributed by atoms with Crippen LogP contribution in [0.15, 0.2) is 400 Å². The number of aromatic nitrogens is 4. The van der Waals surface area contributed by atoms with Gasteiger partial charge in [0.15, 0.2) is 0 Å². The van der Waals surface area contributed by atoms with Gasteiger partial charge in [-0.25, -0.2) is 0 Å². The number of benzene rings is 18. The highest BCUT2D eigenvalue weighted by molar-refractivity contribution is 6.14. The van der Waals surface area contributed by atoms with E-state index in [4.69, 9.17) is 9.47 Å². The maximum Gasteiger partial charge on any atom is 0.127 e. The second-order valence-corrected chi connectivity index (χ2v) is 32.6. The van der Waals surface area contributed by atoms with E-state index in [-0.39, 0.29) is 0 Å². The summed E-state index contributed by atoms with van der Waals surface area (Å²) in [5.74, 6) is 1.84. The molecule has 124 heavy (non-hydrogen) atoms. The molecular weight excluding hydrogens is 1510 g/mol. The lowest BCUT2D eigenvalue weighted by Gasteiger charge is -2.27. The summed E-state index contributed by atoms with van der Waals surface area (Å²) in [6.07, 6.45) is 4.25. The summed E-state index contributed by atoms with van der Waals surface area (Å²) < 4.78 is 22.4. The average molecular weight is 1610 g/mol. The van der Waals surface area contributed by atoms with Crippen LogP contribution in [0.25, 0.3) is 154 Å². The molecule has 22 aromatic rings. The molecule has 0 atom stereocenters. The third-order valence-electron chi connectivity index (χ3n) is 24.5. The zero-order valence-corrected chi connectivity index (χ0v) is 70.8. The Morgan fingerprint density at radius 1 is 0.234 bits per heavy atom. The summed E-state index contributed by atoms with van der Waals surface area (Å²) in [6.45, 7) is 12.2. The predicted molar refractivity (Wildman–Crippen MR) is 527 cm³/mol. The van der Waals surface area contributed by atoms with Crippen molar-refractivity contribution in [1.29, 1.82) is 0 Å². The van der Waals surface area contributed by atoms with Crippen LogP contribution < -0.4 is 19.3 Å². The lowest BCUT2D eigenvalue weighted by molar-refractivity contribution is 0.306. The van der Waals surface area contributed by atoms with Crippen molar-refractivity contribution in [2.75, 3.05) is 30.1 Å². The van der Waals surface area contributed by atoms with Crippen molar-refractivity contribution in [2.24, 2.45) is 0 Å². The number of aryl methyl sites for hydroxylation is 3. The Morgan fingerprint density at radius 3 is 0.976 bits per heavy atom. The van der Waals surface area contributed by atoms with Crippen LogP contribution >= 0.6 is 0 Å². The molecule has 0 bridgehead atoms.